The Morgan fingerprint density at radius 3 is 0.974 bits per heavy atom. The SMILES string of the molecule is CCCCCCCCCCCC(=O)O[C@H](COC(=O)CCCCCCC)COP(=O)(O)OC[C@H](O)COP(=O)(O)OC[C@@H](COC(=O)CCCCCCCCCCC(C)CC)OC(=O)CCCCCCCCCCCC(C)C. The predicted molar refractivity (Wildman–Crippen MR) is 308 cm³/mol. The lowest BCUT2D eigenvalue weighted by atomic mass is 9.99. The maximum absolute atomic E-state index is 12.9. The van der Waals surface area contributed by atoms with Gasteiger partial charge in [-0.2, -0.15) is 0 Å². The van der Waals surface area contributed by atoms with E-state index in [9.17, 15) is 43.2 Å². The molecular formula is C59H114O17P2. The molecule has 0 aromatic rings. The summed E-state index contributed by atoms with van der Waals surface area (Å²) >= 11 is 0. The monoisotopic (exact) mass is 1160 g/mol. The number of carbonyl (C=O) groups excluding carboxylic acids is 4. The number of esters is 4. The molecule has 0 aromatic heterocycles. The molecule has 0 radical (unpaired) electrons. The number of rotatable bonds is 58. The largest absolute Gasteiger partial charge is 0.472 e. The molecule has 3 N–H and O–H groups in total. The summed E-state index contributed by atoms with van der Waals surface area (Å²) in [5.74, 6) is -0.639. The van der Waals surface area contributed by atoms with E-state index in [0.29, 0.717) is 25.7 Å². The van der Waals surface area contributed by atoms with Gasteiger partial charge in [-0.1, -0.05) is 234 Å². The Bertz CT molecular complexity index is 1550. The predicted octanol–water partition coefficient (Wildman–Crippen LogP) is 15.7. The fraction of sp³-hybridized carbons (Fsp3) is 0.932. The number of unbranched alkanes of at least 4 members (excludes halogenated alkanes) is 27. The first-order chi connectivity index (χ1) is 37.4. The van der Waals surface area contributed by atoms with Crippen LogP contribution < -0.4 is 0 Å². The van der Waals surface area contributed by atoms with E-state index in [0.717, 1.165) is 108 Å². The molecule has 3 unspecified atom stereocenters. The van der Waals surface area contributed by atoms with E-state index < -0.39 is 97.5 Å². The third-order valence-corrected chi connectivity index (χ3v) is 15.7. The highest BCUT2D eigenvalue weighted by Crippen LogP contribution is 2.45. The average Bonchev–Trinajstić information content (AvgIpc) is 3.40. The number of aliphatic hydroxyl groups excluding tert-OH is 1. The van der Waals surface area contributed by atoms with Crippen molar-refractivity contribution in [3.05, 3.63) is 0 Å². The standard InChI is InChI=1S/C59H114O17P2/c1-7-10-12-14-15-17-25-31-37-43-58(63)75-54(47-69-56(61)41-35-27-13-11-8-2)49-73-77(65,66)71-45-53(60)46-72-78(67,68)74-50-55(76-59(64)44-38-32-26-19-16-18-22-28-33-39-51(4)5)48-70-57(62)42-36-30-24-21-20-23-29-34-40-52(6)9-3/h51-55,60H,7-50H2,1-6H3,(H,65,66)(H,67,68)/t52?,53-,54+,55+/m0/s1. The van der Waals surface area contributed by atoms with Crippen molar-refractivity contribution in [2.45, 2.75) is 304 Å². The van der Waals surface area contributed by atoms with Crippen molar-refractivity contribution < 1.29 is 80.2 Å². The zero-order valence-electron chi connectivity index (χ0n) is 50.0. The summed E-state index contributed by atoms with van der Waals surface area (Å²) in [6.45, 7) is 9.33. The van der Waals surface area contributed by atoms with Gasteiger partial charge in [-0.25, -0.2) is 9.13 Å². The second-order valence-corrected chi connectivity index (χ2v) is 25.0. The lowest BCUT2D eigenvalue weighted by Crippen LogP contribution is -2.30. The van der Waals surface area contributed by atoms with Gasteiger partial charge in [0.05, 0.1) is 26.4 Å². The first-order valence-corrected chi connectivity index (χ1v) is 34.0. The van der Waals surface area contributed by atoms with E-state index >= 15 is 0 Å². The minimum Gasteiger partial charge on any atom is -0.462 e. The molecule has 0 aliphatic rings. The summed E-state index contributed by atoms with van der Waals surface area (Å²) in [6.07, 6.45) is 32.4. The van der Waals surface area contributed by atoms with Crippen LogP contribution in [-0.2, 0) is 65.4 Å². The van der Waals surface area contributed by atoms with Gasteiger partial charge in [0.2, 0.25) is 0 Å². The van der Waals surface area contributed by atoms with E-state index in [4.69, 9.17) is 37.0 Å². The number of ether oxygens (including phenoxy) is 4. The van der Waals surface area contributed by atoms with Gasteiger partial charge in [0.15, 0.2) is 12.2 Å². The summed E-state index contributed by atoms with van der Waals surface area (Å²) in [4.78, 5) is 71.7. The van der Waals surface area contributed by atoms with Gasteiger partial charge in [-0.15, -0.1) is 0 Å². The lowest BCUT2D eigenvalue weighted by molar-refractivity contribution is -0.161. The molecule has 0 aliphatic carbocycles. The molecule has 0 spiro atoms. The van der Waals surface area contributed by atoms with Crippen molar-refractivity contribution in [1.29, 1.82) is 0 Å². The Balaban J connectivity index is 5.19. The molecular weight excluding hydrogens is 1040 g/mol. The molecule has 0 aliphatic heterocycles. The first kappa shape index (κ1) is 76.1. The van der Waals surface area contributed by atoms with E-state index in [1.807, 2.05) is 0 Å². The van der Waals surface area contributed by atoms with Crippen LogP contribution in [0.5, 0.6) is 0 Å². The van der Waals surface area contributed by atoms with E-state index in [1.165, 1.54) is 96.3 Å². The lowest BCUT2D eigenvalue weighted by Gasteiger charge is -2.21. The molecule has 0 aromatic carbocycles. The van der Waals surface area contributed by atoms with Crippen molar-refractivity contribution in [2.24, 2.45) is 11.8 Å². The summed E-state index contributed by atoms with van der Waals surface area (Å²) in [6, 6.07) is 0. The second kappa shape index (κ2) is 51.9. The van der Waals surface area contributed by atoms with Crippen LogP contribution in [0.2, 0.25) is 0 Å². The highest BCUT2D eigenvalue weighted by Gasteiger charge is 2.30. The zero-order chi connectivity index (χ0) is 58.0. The molecule has 19 heteroatoms. The molecule has 0 saturated carbocycles. The van der Waals surface area contributed by atoms with Crippen LogP contribution in [0.3, 0.4) is 0 Å². The Hall–Kier alpha value is -1.94. The molecule has 0 fully saturated rings. The Morgan fingerprint density at radius 2 is 0.654 bits per heavy atom. The Morgan fingerprint density at radius 1 is 0.372 bits per heavy atom. The first-order valence-electron chi connectivity index (χ1n) is 31.0. The minimum atomic E-state index is -4.94. The number of hydrogen-bond acceptors (Lipinski definition) is 15. The Labute approximate surface area is 473 Å². The molecule has 0 amide bonds. The van der Waals surface area contributed by atoms with E-state index in [-0.39, 0.29) is 25.7 Å². The summed E-state index contributed by atoms with van der Waals surface area (Å²) in [7, 11) is -9.87. The van der Waals surface area contributed by atoms with Crippen LogP contribution in [-0.4, -0.2) is 96.7 Å². The van der Waals surface area contributed by atoms with E-state index in [1.54, 1.807) is 0 Å². The van der Waals surface area contributed by atoms with E-state index in [2.05, 4.69) is 41.5 Å². The molecule has 0 saturated heterocycles. The third-order valence-electron chi connectivity index (χ3n) is 13.8. The highest BCUT2D eigenvalue weighted by molar-refractivity contribution is 7.47. The van der Waals surface area contributed by atoms with Crippen LogP contribution >= 0.6 is 15.6 Å². The van der Waals surface area contributed by atoms with Gasteiger partial charge in [0.1, 0.15) is 19.3 Å². The smallest absolute Gasteiger partial charge is 0.462 e. The molecule has 0 heterocycles. The third kappa shape index (κ3) is 52.2. The maximum Gasteiger partial charge on any atom is 0.472 e. The van der Waals surface area contributed by atoms with Crippen LogP contribution in [0.25, 0.3) is 0 Å². The quantitative estimate of drug-likeness (QED) is 0.0222. The van der Waals surface area contributed by atoms with Crippen LogP contribution in [0.4, 0.5) is 0 Å². The number of phosphoric acid groups is 2. The van der Waals surface area contributed by atoms with Gasteiger partial charge in [0, 0.05) is 25.7 Å². The Kier molecular flexibility index (Phi) is 50.6. The minimum absolute atomic E-state index is 0.104. The summed E-state index contributed by atoms with van der Waals surface area (Å²) < 4.78 is 67.6. The van der Waals surface area contributed by atoms with Gasteiger partial charge in [-0.05, 0) is 37.5 Å². The van der Waals surface area contributed by atoms with Crippen molar-refractivity contribution in [2.75, 3.05) is 39.6 Å². The molecule has 17 nitrogen and oxygen atoms in total. The summed E-state index contributed by atoms with van der Waals surface area (Å²) in [5, 5.41) is 10.5. The van der Waals surface area contributed by atoms with Gasteiger partial charge in [0.25, 0.3) is 0 Å². The van der Waals surface area contributed by atoms with Gasteiger partial charge < -0.3 is 33.8 Å². The van der Waals surface area contributed by atoms with Crippen molar-refractivity contribution in [3.63, 3.8) is 0 Å². The van der Waals surface area contributed by atoms with Crippen LogP contribution in [0.1, 0.15) is 286 Å². The second-order valence-electron chi connectivity index (χ2n) is 22.1. The zero-order valence-corrected chi connectivity index (χ0v) is 51.7. The van der Waals surface area contributed by atoms with Gasteiger partial charge >= 0.3 is 39.5 Å². The molecule has 6 atom stereocenters. The number of carbonyl (C=O) groups is 4. The average molecular weight is 1160 g/mol. The van der Waals surface area contributed by atoms with Crippen molar-refractivity contribution in [3.8, 4) is 0 Å². The summed E-state index contributed by atoms with van der Waals surface area (Å²) in [5.41, 5.74) is 0. The topological polar surface area (TPSA) is 237 Å². The van der Waals surface area contributed by atoms with Crippen molar-refractivity contribution in [1.82, 2.24) is 0 Å². The fourth-order valence-electron chi connectivity index (χ4n) is 8.61. The normalized spacial score (nSPS) is 14.8. The molecule has 78 heavy (non-hydrogen) atoms. The number of phosphoric ester groups is 2. The van der Waals surface area contributed by atoms with Crippen molar-refractivity contribution >= 4 is 39.5 Å². The highest BCUT2D eigenvalue weighted by atomic mass is 31.2. The van der Waals surface area contributed by atoms with Gasteiger partial charge in [-0.3, -0.25) is 37.3 Å². The fourth-order valence-corrected chi connectivity index (χ4v) is 10.2. The number of hydrogen-bond donors (Lipinski definition) is 3. The van der Waals surface area contributed by atoms with Crippen LogP contribution in [0.15, 0.2) is 0 Å². The maximum atomic E-state index is 12.9. The molecule has 462 valence electrons. The molecule has 0 bridgehead atoms. The molecule has 0 rings (SSSR count). The number of aliphatic hydroxyl groups is 1. The van der Waals surface area contributed by atoms with Crippen LogP contribution in [0, 0.1) is 11.8 Å².